The lowest BCUT2D eigenvalue weighted by atomic mass is 9.68. The van der Waals surface area contributed by atoms with Gasteiger partial charge in [0.25, 0.3) is 0 Å². The molecule has 0 saturated heterocycles. The van der Waals surface area contributed by atoms with E-state index >= 15 is 14.2 Å². The van der Waals surface area contributed by atoms with E-state index in [2.05, 4.69) is 0 Å². The number of aliphatic hydroxyl groups excluding tert-OH is 2. The number of benzene rings is 2. The van der Waals surface area contributed by atoms with E-state index in [0.717, 1.165) is 18.5 Å². The van der Waals surface area contributed by atoms with Crippen molar-refractivity contribution in [3.63, 3.8) is 0 Å². The number of hydrogen-bond donors (Lipinski definition) is 4. The summed E-state index contributed by atoms with van der Waals surface area (Å²) < 4.78 is 32.4. The second-order valence-electron chi connectivity index (χ2n) is 13.6. The summed E-state index contributed by atoms with van der Waals surface area (Å²) in [6.45, 7) is 3.55. The maximum absolute atomic E-state index is 16.3. The van der Waals surface area contributed by atoms with Gasteiger partial charge in [0, 0.05) is 57.0 Å². The van der Waals surface area contributed by atoms with Gasteiger partial charge < -0.3 is 34.6 Å². The fraction of sp³-hybridized carbons (Fsp3) is 0.400. The fourth-order valence-corrected chi connectivity index (χ4v) is 11.7. The number of allylic oxidation sites excluding steroid dienone is 2. The van der Waals surface area contributed by atoms with Crippen LogP contribution in [0.3, 0.4) is 0 Å². The van der Waals surface area contributed by atoms with E-state index in [1.165, 1.54) is 62.4 Å². The van der Waals surface area contributed by atoms with Crippen LogP contribution in [0.2, 0.25) is 0 Å². The number of esters is 3. The number of halogens is 2. The molecule has 2 aliphatic rings. The quantitative estimate of drug-likeness (QED) is 0.0513. The average molecular weight is 895 g/mol. The van der Waals surface area contributed by atoms with Gasteiger partial charge >= 0.3 is 29.8 Å². The highest BCUT2D eigenvalue weighted by Crippen LogP contribution is 2.70. The summed E-state index contributed by atoms with van der Waals surface area (Å²) >= 11 is 12.2. The molecule has 4 rings (SSSR count). The molecule has 0 aromatic heterocycles. The summed E-state index contributed by atoms with van der Waals surface area (Å²) in [5.74, 6) is -26.2. The van der Waals surface area contributed by atoms with Crippen molar-refractivity contribution < 1.29 is 77.6 Å². The van der Waals surface area contributed by atoms with Gasteiger partial charge in [0.05, 0.1) is 12.5 Å². The zero-order valence-electron chi connectivity index (χ0n) is 32.7. The highest BCUT2D eigenvalue weighted by Gasteiger charge is 2.62. The maximum Gasteiger partial charge on any atom is 0.317 e. The molecule has 7 atom stereocenters. The van der Waals surface area contributed by atoms with Crippen LogP contribution in [-0.2, 0) is 47.7 Å². The van der Waals surface area contributed by atoms with E-state index in [-0.39, 0.29) is 29.2 Å². The third-order valence-corrected chi connectivity index (χ3v) is 13.7. The number of Topliss-reactive ketones (excluding diaryl/α,β-unsaturated/α-hetero) is 3. The number of aliphatic hydroxyl groups is 2. The van der Waals surface area contributed by atoms with E-state index in [1.807, 2.05) is 0 Å². The first kappa shape index (κ1) is 47.3. The van der Waals surface area contributed by atoms with Crippen LogP contribution in [-0.4, -0.2) is 104 Å². The zero-order chi connectivity index (χ0) is 44.8. The van der Waals surface area contributed by atoms with Crippen molar-refractivity contribution in [2.45, 2.75) is 46.0 Å². The Morgan fingerprint density at radius 1 is 0.667 bits per heavy atom. The summed E-state index contributed by atoms with van der Waals surface area (Å²) in [7, 11) is -5.64. The minimum absolute atomic E-state index is 0.00304. The molecule has 0 saturated carbocycles. The zero-order valence-corrected chi connectivity index (χ0v) is 35.1. The van der Waals surface area contributed by atoms with E-state index in [4.69, 9.17) is 37.4 Å². The van der Waals surface area contributed by atoms with E-state index < -0.39 is 143 Å². The van der Waals surface area contributed by atoms with Crippen LogP contribution in [0.15, 0.2) is 70.7 Å². The largest absolute Gasteiger partial charge is 0.510 e. The van der Waals surface area contributed by atoms with E-state index in [0.29, 0.717) is 0 Å². The monoisotopic (exact) mass is 893 g/mol. The van der Waals surface area contributed by atoms with Gasteiger partial charge in [-0.25, -0.2) is 4.67 Å². The topological polar surface area (TPSA) is 265 Å². The molecule has 0 amide bonds. The molecule has 0 aliphatic heterocycles. The number of carbonyl (C=O) groups is 8. The molecular weight excluding hydrogens is 852 g/mol. The van der Waals surface area contributed by atoms with Gasteiger partial charge in [-0.1, -0.05) is 31.2 Å². The van der Waals surface area contributed by atoms with Crippen LogP contribution in [0.25, 0.3) is 0 Å². The van der Waals surface area contributed by atoms with Crippen LogP contribution >= 0.6 is 30.5 Å². The minimum Gasteiger partial charge on any atom is -0.510 e. The number of ketones is 3. The Morgan fingerprint density at radius 3 is 1.38 bits per heavy atom. The molecule has 0 bridgehead atoms. The molecule has 2 aromatic carbocycles. The lowest BCUT2D eigenvalue weighted by molar-refractivity contribution is -0.155. The number of nitrogens with zero attached hydrogens (tertiary/aromatic N) is 1. The van der Waals surface area contributed by atoms with Gasteiger partial charge in [-0.15, -0.1) is 23.2 Å². The van der Waals surface area contributed by atoms with Crippen molar-refractivity contribution in [2.75, 3.05) is 31.5 Å². The highest BCUT2D eigenvalue weighted by molar-refractivity contribution is 7.72. The van der Waals surface area contributed by atoms with Gasteiger partial charge in [-0.2, -0.15) is 0 Å². The summed E-state index contributed by atoms with van der Waals surface area (Å²) in [4.78, 5) is 107. The number of alkyl halides is 2. The van der Waals surface area contributed by atoms with Crippen molar-refractivity contribution >= 4 is 77.7 Å². The first-order valence-electron chi connectivity index (χ1n) is 18.5. The van der Waals surface area contributed by atoms with Gasteiger partial charge in [-0.05, 0) is 42.3 Å². The van der Waals surface area contributed by atoms with Crippen molar-refractivity contribution in [1.29, 1.82) is 0 Å². The fourth-order valence-electron chi connectivity index (χ4n) is 7.70. The molecule has 0 spiro atoms. The van der Waals surface area contributed by atoms with Crippen LogP contribution in [0.4, 0.5) is 0 Å². The molecule has 20 heteroatoms. The van der Waals surface area contributed by atoms with Gasteiger partial charge in [-0.3, -0.25) is 42.9 Å². The van der Waals surface area contributed by atoms with Gasteiger partial charge in [0.1, 0.15) is 57.2 Å². The predicted molar refractivity (Wildman–Crippen MR) is 212 cm³/mol. The Kier molecular flexibility index (Phi) is 15.6. The van der Waals surface area contributed by atoms with Gasteiger partial charge in [0.15, 0.2) is 11.6 Å². The second-order valence-corrected chi connectivity index (χ2v) is 17.0. The maximum atomic E-state index is 16.3. The number of rotatable bonds is 17. The van der Waals surface area contributed by atoms with E-state index in [1.54, 1.807) is 0 Å². The Balaban J connectivity index is 2.16. The first-order chi connectivity index (χ1) is 28.3. The standard InChI is InChI=1S/C40H42Cl2NO16P/c1-5-25(46)28-26(21-7-11-23(12-8-21)58-19(3)44)29(38(51)52)33(48)36(32(28)47)60(56,43(17-15-41)18-16-42)37-34(49)30(39(53)54)27(31(35(37)50)40(55)57-6-2)22-9-13-24(14-10-22)59-20(4)45/h7-14,26-31,48-49H,5-6,15-18H2,1-4H3,(H,51,52)(H,53,54). The Bertz CT molecular complexity index is 2180. The van der Waals surface area contributed by atoms with E-state index in [9.17, 15) is 49.2 Å². The molecule has 0 fully saturated rings. The second kappa shape index (κ2) is 19.8. The van der Waals surface area contributed by atoms with Crippen LogP contribution in [0, 0.1) is 23.7 Å². The molecular formula is C40H42Cl2NO16P. The highest BCUT2D eigenvalue weighted by atomic mass is 35.5. The van der Waals surface area contributed by atoms with Crippen LogP contribution < -0.4 is 9.47 Å². The minimum atomic E-state index is -5.64. The molecule has 60 heavy (non-hydrogen) atoms. The molecule has 322 valence electrons. The van der Waals surface area contributed by atoms with Crippen LogP contribution in [0.1, 0.15) is 57.1 Å². The van der Waals surface area contributed by atoms with Crippen molar-refractivity contribution in [3.8, 4) is 11.5 Å². The molecule has 4 N–H and O–H groups in total. The smallest absolute Gasteiger partial charge is 0.317 e. The summed E-state index contributed by atoms with van der Waals surface area (Å²) in [5, 5.41) is 43.0. The molecule has 17 nitrogen and oxygen atoms in total. The Morgan fingerprint density at radius 2 is 1.05 bits per heavy atom. The molecule has 0 radical (unpaired) electrons. The first-order valence-corrected chi connectivity index (χ1v) is 21.2. The lowest BCUT2D eigenvalue weighted by Gasteiger charge is -2.43. The number of ether oxygens (including phenoxy) is 3. The van der Waals surface area contributed by atoms with Crippen LogP contribution in [0.5, 0.6) is 11.5 Å². The summed E-state index contributed by atoms with van der Waals surface area (Å²) in [6.07, 6.45) is -0.396. The number of aliphatic carboxylic acids is 2. The molecule has 7 unspecified atom stereocenters. The predicted octanol–water partition coefficient (Wildman–Crippen LogP) is 5.34. The molecule has 2 aromatic rings. The third-order valence-electron chi connectivity index (χ3n) is 10.1. The summed E-state index contributed by atoms with van der Waals surface area (Å²) in [6, 6.07) is 9.92. The molecule has 2 aliphatic carbocycles. The lowest BCUT2D eigenvalue weighted by Crippen LogP contribution is -2.47. The number of carbonyl (C=O) groups excluding carboxylic acids is 6. The SMILES string of the molecule is CCOC(=O)C1C(=O)C(P(=O)(C2=C(O)C(C(=O)O)C(c3ccc(OC(C)=O)cc3)C(C(=O)CC)C2=O)N(CCCl)CCCl)=C(O)C(C(=O)O)C1c1ccc(OC(C)=O)cc1. The Hall–Kier alpha value is -5.35. The number of carboxylic acids is 2. The Labute approximate surface area is 353 Å². The van der Waals surface area contributed by atoms with Crippen molar-refractivity contribution in [2.24, 2.45) is 23.7 Å². The number of carboxylic acid groups (broad SMARTS) is 2. The van der Waals surface area contributed by atoms with Crippen molar-refractivity contribution in [1.82, 2.24) is 4.67 Å². The summed E-state index contributed by atoms with van der Waals surface area (Å²) in [5.41, 5.74) is -0.0784. The van der Waals surface area contributed by atoms with Crippen molar-refractivity contribution in [3.05, 3.63) is 81.8 Å². The third kappa shape index (κ3) is 9.19. The molecule has 0 heterocycles. The average Bonchev–Trinajstić information content (AvgIpc) is 3.17. The normalized spacial score (nSPS) is 22.9. The van der Waals surface area contributed by atoms with Gasteiger partial charge in [0.2, 0.25) is 7.29 Å². The number of hydrogen-bond acceptors (Lipinski definition) is 14.